The standard InChI is InChI=1S/C19H22N2O2S/c22-24(23,21-18-9-5-2-6-10-18)19-13-11-17(12-14-19)20-15-16-7-3-1-4-8-16/h1,3-4,7-8,11-15,18,21H,2,5-6,9-10H2. The monoisotopic (exact) mass is 342 g/mol. The van der Waals surface area contributed by atoms with Gasteiger partial charge in [-0.15, -0.1) is 0 Å². The third kappa shape index (κ3) is 4.52. The molecule has 0 unspecified atom stereocenters. The van der Waals surface area contributed by atoms with E-state index in [0.717, 1.165) is 36.9 Å². The first-order chi connectivity index (χ1) is 11.6. The Kier molecular flexibility index (Phi) is 5.43. The second-order valence-electron chi connectivity index (χ2n) is 6.12. The quantitative estimate of drug-likeness (QED) is 0.834. The molecule has 3 rings (SSSR count). The van der Waals surface area contributed by atoms with Gasteiger partial charge in [-0.25, -0.2) is 13.1 Å². The maximum Gasteiger partial charge on any atom is 0.240 e. The number of nitrogens with zero attached hydrogens (tertiary/aromatic N) is 1. The van der Waals surface area contributed by atoms with Gasteiger partial charge in [-0.1, -0.05) is 49.6 Å². The van der Waals surface area contributed by atoms with Crippen LogP contribution in [-0.2, 0) is 10.0 Å². The minimum atomic E-state index is -3.45. The first-order valence-corrected chi connectivity index (χ1v) is 9.83. The Morgan fingerprint density at radius 2 is 1.58 bits per heavy atom. The van der Waals surface area contributed by atoms with Crippen molar-refractivity contribution in [2.75, 3.05) is 0 Å². The Balaban J connectivity index is 1.68. The summed E-state index contributed by atoms with van der Waals surface area (Å²) in [6.07, 6.45) is 7.02. The summed E-state index contributed by atoms with van der Waals surface area (Å²) < 4.78 is 27.7. The Morgan fingerprint density at radius 3 is 2.25 bits per heavy atom. The summed E-state index contributed by atoms with van der Waals surface area (Å²) in [6.45, 7) is 0. The SMILES string of the molecule is O=S(=O)(NC1CCCCC1)c1ccc(N=Cc2ccccc2)cc1. The summed E-state index contributed by atoms with van der Waals surface area (Å²) in [4.78, 5) is 4.67. The van der Waals surface area contributed by atoms with Gasteiger partial charge in [-0.3, -0.25) is 4.99 Å². The second kappa shape index (κ2) is 7.73. The number of hydrogen-bond donors (Lipinski definition) is 1. The first kappa shape index (κ1) is 16.9. The maximum absolute atomic E-state index is 12.4. The van der Waals surface area contributed by atoms with Gasteiger partial charge in [0.05, 0.1) is 10.6 Å². The van der Waals surface area contributed by atoms with Crippen molar-refractivity contribution in [2.24, 2.45) is 4.99 Å². The smallest absolute Gasteiger partial charge is 0.240 e. The molecular weight excluding hydrogens is 320 g/mol. The lowest BCUT2D eigenvalue weighted by atomic mass is 9.96. The van der Waals surface area contributed by atoms with Gasteiger partial charge in [0.2, 0.25) is 10.0 Å². The maximum atomic E-state index is 12.4. The van der Waals surface area contributed by atoms with Gasteiger partial charge in [0.15, 0.2) is 0 Å². The lowest BCUT2D eigenvalue weighted by Crippen LogP contribution is -2.36. The topological polar surface area (TPSA) is 58.5 Å². The predicted molar refractivity (Wildman–Crippen MR) is 97.3 cm³/mol. The van der Waals surface area contributed by atoms with Crippen molar-refractivity contribution in [3.63, 3.8) is 0 Å². The fourth-order valence-electron chi connectivity index (χ4n) is 2.91. The van der Waals surface area contributed by atoms with Gasteiger partial charge < -0.3 is 0 Å². The van der Waals surface area contributed by atoms with E-state index in [1.165, 1.54) is 6.42 Å². The minimum Gasteiger partial charge on any atom is -0.256 e. The molecule has 2 aromatic rings. The normalized spacial score (nSPS) is 16.5. The zero-order valence-electron chi connectivity index (χ0n) is 13.6. The van der Waals surface area contributed by atoms with Crippen LogP contribution in [0.3, 0.4) is 0 Å². The molecule has 126 valence electrons. The highest BCUT2D eigenvalue weighted by atomic mass is 32.2. The van der Waals surface area contributed by atoms with E-state index in [2.05, 4.69) is 9.71 Å². The van der Waals surface area contributed by atoms with Crippen LogP contribution in [0.15, 0.2) is 64.5 Å². The van der Waals surface area contributed by atoms with Crippen molar-refractivity contribution in [3.8, 4) is 0 Å². The Hall–Kier alpha value is -1.98. The fraction of sp³-hybridized carbons (Fsp3) is 0.316. The van der Waals surface area contributed by atoms with Crippen molar-refractivity contribution < 1.29 is 8.42 Å². The van der Waals surface area contributed by atoms with E-state index in [1.54, 1.807) is 30.5 Å². The molecule has 0 heterocycles. The lowest BCUT2D eigenvalue weighted by molar-refractivity contribution is 0.412. The lowest BCUT2D eigenvalue weighted by Gasteiger charge is -2.22. The van der Waals surface area contributed by atoms with Crippen molar-refractivity contribution in [3.05, 3.63) is 60.2 Å². The summed E-state index contributed by atoms with van der Waals surface area (Å²) in [5.74, 6) is 0. The van der Waals surface area contributed by atoms with Crippen LogP contribution in [0, 0.1) is 0 Å². The zero-order valence-corrected chi connectivity index (χ0v) is 14.4. The van der Waals surface area contributed by atoms with E-state index in [1.807, 2.05) is 30.3 Å². The summed E-state index contributed by atoms with van der Waals surface area (Å²) in [6, 6.07) is 16.6. The average molecular weight is 342 g/mol. The van der Waals surface area contributed by atoms with Gasteiger partial charge in [0.1, 0.15) is 0 Å². The van der Waals surface area contributed by atoms with E-state index in [9.17, 15) is 8.42 Å². The minimum absolute atomic E-state index is 0.0690. The predicted octanol–water partition coefficient (Wildman–Crippen LogP) is 4.05. The molecule has 1 fully saturated rings. The van der Waals surface area contributed by atoms with E-state index in [4.69, 9.17) is 0 Å². The van der Waals surface area contributed by atoms with Crippen LogP contribution in [0.2, 0.25) is 0 Å². The van der Waals surface area contributed by atoms with Gasteiger partial charge in [0.25, 0.3) is 0 Å². The number of benzene rings is 2. The van der Waals surface area contributed by atoms with Crippen molar-refractivity contribution in [2.45, 2.75) is 43.0 Å². The molecule has 0 radical (unpaired) electrons. The van der Waals surface area contributed by atoms with Gasteiger partial charge in [-0.05, 0) is 42.7 Å². The number of sulfonamides is 1. The average Bonchev–Trinajstić information content (AvgIpc) is 2.62. The Morgan fingerprint density at radius 1 is 0.917 bits per heavy atom. The molecule has 1 aliphatic carbocycles. The molecule has 0 aliphatic heterocycles. The first-order valence-electron chi connectivity index (χ1n) is 8.35. The number of hydrogen-bond acceptors (Lipinski definition) is 3. The van der Waals surface area contributed by atoms with E-state index in [0.29, 0.717) is 4.90 Å². The second-order valence-corrected chi connectivity index (χ2v) is 7.83. The molecule has 4 nitrogen and oxygen atoms in total. The fourth-order valence-corrected chi connectivity index (χ4v) is 4.21. The third-order valence-corrected chi connectivity index (χ3v) is 5.77. The molecule has 24 heavy (non-hydrogen) atoms. The highest BCUT2D eigenvalue weighted by molar-refractivity contribution is 7.89. The summed E-state index contributed by atoms with van der Waals surface area (Å²) in [7, 11) is -3.45. The zero-order chi connectivity index (χ0) is 16.8. The van der Waals surface area contributed by atoms with Gasteiger partial charge in [-0.2, -0.15) is 0 Å². The highest BCUT2D eigenvalue weighted by Gasteiger charge is 2.21. The van der Waals surface area contributed by atoms with Crippen molar-refractivity contribution >= 4 is 21.9 Å². The van der Waals surface area contributed by atoms with Gasteiger partial charge in [0, 0.05) is 12.3 Å². The molecule has 1 N–H and O–H groups in total. The molecule has 1 saturated carbocycles. The van der Waals surface area contributed by atoms with Crippen LogP contribution in [0.1, 0.15) is 37.7 Å². The number of nitrogens with one attached hydrogen (secondary N) is 1. The van der Waals surface area contributed by atoms with Gasteiger partial charge >= 0.3 is 0 Å². The molecule has 0 amide bonds. The van der Waals surface area contributed by atoms with E-state index >= 15 is 0 Å². The molecular formula is C19H22N2O2S. The Bertz CT molecular complexity index is 778. The molecule has 0 spiro atoms. The van der Waals surface area contributed by atoms with Crippen LogP contribution >= 0.6 is 0 Å². The number of rotatable bonds is 5. The van der Waals surface area contributed by atoms with Crippen LogP contribution in [0.5, 0.6) is 0 Å². The van der Waals surface area contributed by atoms with Crippen LogP contribution < -0.4 is 4.72 Å². The molecule has 0 aromatic heterocycles. The van der Waals surface area contributed by atoms with E-state index < -0.39 is 10.0 Å². The van der Waals surface area contributed by atoms with Crippen LogP contribution in [0.25, 0.3) is 0 Å². The highest BCUT2D eigenvalue weighted by Crippen LogP contribution is 2.21. The largest absolute Gasteiger partial charge is 0.256 e. The molecule has 0 bridgehead atoms. The van der Waals surface area contributed by atoms with E-state index in [-0.39, 0.29) is 6.04 Å². The summed E-state index contributed by atoms with van der Waals surface area (Å²) >= 11 is 0. The third-order valence-electron chi connectivity index (χ3n) is 4.24. The summed E-state index contributed by atoms with van der Waals surface area (Å²) in [5.41, 5.74) is 1.74. The number of aliphatic imine (C=N–C) groups is 1. The molecule has 5 heteroatoms. The molecule has 2 aromatic carbocycles. The summed E-state index contributed by atoms with van der Waals surface area (Å²) in [5, 5.41) is 0. The van der Waals surface area contributed by atoms with Crippen molar-refractivity contribution in [1.82, 2.24) is 4.72 Å². The molecule has 1 aliphatic rings. The molecule has 0 saturated heterocycles. The molecule has 0 atom stereocenters. The Labute approximate surface area is 143 Å². The van der Waals surface area contributed by atoms with Crippen LogP contribution in [-0.4, -0.2) is 20.7 Å². The van der Waals surface area contributed by atoms with Crippen LogP contribution in [0.4, 0.5) is 5.69 Å². The van der Waals surface area contributed by atoms with Crippen molar-refractivity contribution in [1.29, 1.82) is 0 Å².